The SMILES string of the molecule is CCOc1ccc(OCC(=O)NC(C)(C)CCO)cc1. The summed E-state index contributed by atoms with van der Waals surface area (Å²) in [6.45, 7) is 6.23. The van der Waals surface area contributed by atoms with E-state index in [-0.39, 0.29) is 19.1 Å². The minimum absolute atomic E-state index is 0.0347. The number of rotatable bonds is 8. The molecule has 0 aliphatic heterocycles. The Balaban J connectivity index is 2.40. The van der Waals surface area contributed by atoms with E-state index >= 15 is 0 Å². The van der Waals surface area contributed by atoms with Crippen LogP contribution < -0.4 is 14.8 Å². The number of benzene rings is 1. The molecule has 0 radical (unpaired) electrons. The molecular formula is C15H23NO4. The first-order valence-corrected chi connectivity index (χ1v) is 6.74. The lowest BCUT2D eigenvalue weighted by Gasteiger charge is -2.25. The number of nitrogens with one attached hydrogen (secondary N) is 1. The highest BCUT2D eigenvalue weighted by Crippen LogP contribution is 2.17. The van der Waals surface area contributed by atoms with Gasteiger partial charge in [0.15, 0.2) is 6.61 Å². The number of amides is 1. The van der Waals surface area contributed by atoms with Crippen LogP contribution in [0.1, 0.15) is 27.2 Å². The smallest absolute Gasteiger partial charge is 0.258 e. The van der Waals surface area contributed by atoms with Crippen LogP contribution in [0.4, 0.5) is 0 Å². The van der Waals surface area contributed by atoms with Crippen LogP contribution in [0.3, 0.4) is 0 Å². The van der Waals surface area contributed by atoms with Gasteiger partial charge in [-0.15, -0.1) is 0 Å². The maximum absolute atomic E-state index is 11.7. The quantitative estimate of drug-likeness (QED) is 0.761. The molecule has 112 valence electrons. The van der Waals surface area contributed by atoms with Crippen LogP contribution in [0.5, 0.6) is 11.5 Å². The van der Waals surface area contributed by atoms with Gasteiger partial charge < -0.3 is 19.9 Å². The van der Waals surface area contributed by atoms with E-state index in [1.54, 1.807) is 24.3 Å². The van der Waals surface area contributed by atoms with Crippen molar-refractivity contribution in [1.29, 1.82) is 0 Å². The molecule has 0 fully saturated rings. The van der Waals surface area contributed by atoms with Gasteiger partial charge in [-0.1, -0.05) is 0 Å². The van der Waals surface area contributed by atoms with Crippen molar-refractivity contribution in [1.82, 2.24) is 5.32 Å². The van der Waals surface area contributed by atoms with Crippen LogP contribution in [-0.2, 0) is 4.79 Å². The lowest BCUT2D eigenvalue weighted by molar-refractivity contribution is -0.124. The summed E-state index contributed by atoms with van der Waals surface area (Å²) in [5.41, 5.74) is -0.436. The molecule has 5 heteroatoms. The normalized spacial score (nSPS) is 11.0. The highest BCUT2D eigenvalue weighted by molar-refractivity contribution is 5.78. The Kier molecular flexibility index (Phi) is 6.31. The zero-order valence-corrected chi connectivity index (χ0v) is 12.3. The van der Waals surface area contributed by atoms with E-state index in [9.17, 15) is 4.79 Å². The van der Waals surface area contributed by atoms with Gasteiger partial charge in [-0.25, -0.2) is 0 Å². The second-order valence-electron chi connectivity index (χ2n) is 5.10. The molecule has 0 aromatic heterocycles. The van der Waals surface area contributed by atoms with Gasteiger partial charge in [0.25, 0.3) is 5.91 Å². The van der Waals surface area contributed by atoms with Gasteiger partial charge in [-0.05, 0) is 51.5 Å². The minimum Gasteiger partial charge on any atom is -0.494 e. The van der Waals surface area contributed by atoms with Crippen LogP contribution in [0.15, 0.2) is 24.3 Å². The molecule has 1 aromatic rings. The van der Waals surface area contributed by atoms with Crippen molar-refractivity contribution in [3.8, 4) is 11.5 Å². The van der Waals surface area contributed by atoms with Gasteiger partial charge in [0.2, 0.25) is 0 Å². The molecule has 1 rings (SSSR count). The average Bonchev–Trinajstić information content (AvgIpc) is 2.37. The van der Waals surface area contributed by atoms with E-state index in [4.69, 9.17) is 14.6 Å². The summed E-state index contributed by atoms with van der Waals surface area (Å²) in [6.07, 6.45) is 0.502. The number of carbonyl (C=O) groups excluding carboxylic acids is 1. The Bertz CT molecular complexity index is 414. The second-order valence-corrected chi connectivity index (χ2v) is 5.10. The maximum Gasteiger partial charge on any atom is 0.258 e. The van der Waals surface area contributed by atoms with E-state index in [0.717, 1.165) is 5.75 Å². The largest absolute Gasteiger partial charge is 0.494 e. The first kappa shape index (κ1) is 16.3. The van der Waals surface area contributed by atoms with Crippen molar-refractivity contribution in [3.63, 3.8) is 0 Å². The van der Waals surface area contributed by atoms with E-state index in [0.29, 0.717) is 18.8 Å². The molecule has 0 spiro atoms. The predicted octanol–water partition coefficient (Wildman–Crippen LogP) is 1.74. The Labute approximate surface area is 119 Å². The molecule has 0 bridgehead atoms. The van der Waals surface area contributed by atoms with Crippen LogP contribution in [-0.4, -0.2) is 36.4 Å². The molecule has 5 nitrogen and oxygen atoms in total. The number of aliphatic hydroxyl groups excluding tert-OH is 1. The molecule has 1 aromatic carbocycles. The molecule has 0 aliphatic carbocycles. The first-order valence-electron chi connectivity index (χ1n) is 6.74. The third kappa shape index (κ3) is 5.93. The van der Waals surface area contributed by atoms with Gasteiger partial charge >= 0.3 is 0 Å². The third-order valence-corrected chi connectivity index (χ3v) is 2.72. The maximum atomic E-state index is 11.7. The minimum atomic E-state index is -0.436. The van der Waals surface area contributed by atoms with Crippen LogP contribution in [0.2, 0.25) is 0 Å². The molecule has 0 saturated carbocycles. The lowest BCUT2D eigenvalue weighted by atomic mass is 10.0. The van der Waals surface area contributed by atoms with Gasteiger partial charge in [0.05, 0.1) is 6.61 Å². The van der Waals surface area contributed by atoms with E-state index in [2.05, 4.69) is 5.32 Å². The van der Waals surface area contributed by atoms with Crippen molar-refractivity contribution in [3.05, 3.63) is 24.3 Å². The molecule has 0 heterocycles. The predicted molar refractivity (Wildman–Crippen MR) is 77.0 cm³/mol. The fourth-order valence-electron chi connectivity index (χ4n) is 1.70. The number of aliphatic hydroxyl groups is 1. The van der Waals surface area contributed by atoms with Crippen LogP contribution in [0, 0.1) is 0 Å². The fraction of sp³-hybridized carbons (Fsp3) is 0.533. The highest BCUT2D eigenvalue weighted by Gasteiger charge is 2.19. The average molecular weight is 281 g/mol. The van der Waals surface area contributed by atoms with Crippen molar-refractivity contribution < 1.29 is 19.4 Å². The molecule has 0 unspecified atom stereocenters. The standard InChI is InChI=1S/C15H23NO4/c1-4-19-12-5-7-13(8-6-12)20-11-14(18)16-15(2,3)9-10-17/h5-8,17H,4,9-11H2,1-3H3,(H,16,18). The summed E-state index contributed by atoms with van der Waals surface area (Å²) < 4.78 is 10.7. The van der Waals surface area contributed by atoms with Gasteiger partial charge in [0.1, 0.15) is 11.5 Å². The zero-order chi connectivity index (χ0) is 15.0. The lowest BCUT2D eigenvalue weighted by Crippen LogP contribution is -2.46. The van der Waals surface area contributed by atoms with Crippen molar-refractivity contribution in [2.75, 3.05) is 19.8 Å². The fourth-order valence-corrected chi connectivity index (χ4v) is 1.70. The van der Waals surface area contributed by atoms with Gasteiger partial charge in [-0.2, -0.15) is 0 Å². The number of hydrogen-bond acceptors (Lipinski definition) is 4. The zero-order valence-electron chi connectivity index (χ0n) is 12.3. The molecule has 0 aliphatic rings. The van der Waals surface area contributed by atoms with Crippen LogP contribution in [0.25, 0.3) is 0 Å². The Morgan fingerprint density at radius 1 is 1.20 bits per heavy atom. The number of carbonyl (C=O) groups is 1. The molecule has 2 N–H and O–H groups in total. The van der Waals surface area contributed by atoms with Crippen LogP contribution >= 0.6 is 0 Å². The summed E-state index contributed by atoms with van der Waals surface area (Å²) in [5.74, 6) is 1.18. The van der Waals surface area contributed by atoms with Gasteiger partial charge in [-0.3, -0.25) is 4.79 Å². The van der Waals surface area contributed by atoms with E-state index < -0.39 is 5.54 Å². The van der Waals surface area contributed by atoms with E-state index in [1.807, 2.05) is 20.8 Å². The van der Waals surface area contributed by atoms with Crippen molar-refractivity contribution >= 4 is 5.91 Å². The highest BCUT2D eigenvalue weighted by atomic mass is 16.5. The second kappa shape index (κ2) is 7.75. The third-order valence-electron chi connectivity index (χ3n) is 2.72. The topological polar surface area (TPSA) is 67.8 Å². The molecule has 0 saturated heterocycles. The van der Waals surface area contributed by atoms with Crippen molar-refractivity contribution in [2.24, 2.45) is 0 Å². The molecular weight excluding hydrogens is 258 g/mol. The number of ether oxygens (including phenoxy) is 2. The summed E-state index contributed by atoms with van der Waals surface area (Å²) in [7, 11) is 0. The number of hydrogen-bond donors (Lipinski definition) is 2. The Morgan fingerprint density at radius 2 is 1.75 bits per heavy atom. The summed E-state index contributed by atoms with van der Waals surface area (Å²) in [4.78, 5) is 11.7. The molecule has 20 heavy (non-hydrogen) atoms. The summed E-state index contributed by atoms with van der Waals surface area (Å²) in [5, 5.41) is 11.7. The monoisotopic (exact) mass is 281 g/mol. The Morgan fingerprint density at radius 3 is 2.25 bits per heavy atom. The summed E-state index contributed by atoms with van der Waals surface area (Å²) in [6, 6.07) is 7.12. The first-order chi connectivity index (χ1) is 9.46. The van der Waals surface area contributed by atoms with Crippen molar-refractivity contribution in [2.45, 2.75) is 32.7 Å². The van der Waals surface area contributed by atoms with Gasteiger partial charge in [0, 0.05) is 12.1 Å². The molecule has 1 amide bonds. The van der Waals surface area contributed by atoms with E-state index in [1.165, 1.54) is 0 Å². The Hall–Kier alpha value is -1.75. The summed E-state index contributed by atoms with van der Waals surface area (Å²) >= 11 is 0. The molecule has 0 atom stereocenters.